The van der Waals surface area contributed by atoms with Gasteiger partial charge in [0.05, 0.1) is 0 Å². The van der Waals surface area contributed by atoms with Crippen LogP contribution in [0.25, 0.3) is 0 Å². The molecule has 0 bridgehead atoms. The fourth-order valence-corrected chi connectivity index (χ4v) is 3.76. The summed E-state index contributed by atoms with van der Waals surface area (Å²) in [6.45, 7) is 7.94. The van der Waals surface area contributed by atoms with Gasteiger partial charge in [0.1, 0.15) is 0 Å². The summed E-state index contributed by atoms with van der Waals surface area (Å²) >= 11 is 1.89. The molecule has 1 aromatic rings. The van der Waals surface area contributed by atoms with Crippen LogP contribution in [0, 0.1) is 0 Å². The molecule has 1 saturated carbocycles. The van der Waals surface area contributed by atoms with E-state index in [0.717, 1.165) is 25.2 Å². The predicted octanol–water partition coefficient (Wildman–Crippen LogP) is 3.49. The molecule has 1 aliphatic carbocycles. The predicted molar refractivity (Wildman–Crippen MR) is 80.1 cm³/mol. The molecule has 1 N–H and O–H groups in total. The Morgan fingerprint density at radius 1 is 1.28 bits per heavy atom. The summed E-state index contributed by atoms with van der Waals surface area (Å²) < 4.78 is 0. The van der Waals surface area contributed by atoms with E-state index in [4.69, 9.17) is 0 Å². The van der Waals surface area contributed by atoms with Crippen LogP contribution >= 0.6 is 11.3 Å². The van der Waals surface area contributed by atoms with Crippen molar-refractivity contribution in [1.29, 1.82) is 0 Å². The zero-order chi connectivity index (χ0) is 12.8. The van der Waals surface area contributed by atoms with Crippen molar-refractivity contribution in [1.82, 2.24) is 10.2 Å². The van der Waals surface area contributed by atoms with E-state index < -0.39 is 0 Å². The second kappa shape index (κ2) is 7.27. The van der Waals surface area contributed by atoms with Gasteiger partial charge in [0.15, 0.2) is 0 Å². The molecule has 0 aromatic carbocycles. The molecule has 0 unspecified atom stereocenters. The minimum absolute atomic E-state index is 0.770. The van der Waals surface area contributed by atoms with Crippen LogP contribution < -0.4 is 5.32 Å². The summed E-state index contributed by atoms with van der Waals surface area (Å²) in [7, 11) is 0. The molecule has 0 saturated heterocycles. The Morgan fingerprint density at radius 2 is 2.06 bits per heavy atom. The van der Waals surface area contributed by atoms with E-state index in [1.54, 1.807) is 0 Å². The molecule has 1 aromatic heterocycles. The van der Waals surface area contributed by atoms with E-state index in [1.165, 1.54) is 37.1 Å². The second-order valence-corrected chi connectivity index (χ2v) is 6.24. The van der Waals surface area contributed by atoms with Crippen molar-refractivity contribution in [3.8, 4) is 0 Å². The second-order valence-electron chi connectivity index (χ2n) is 5.21. The fraction of sp³-hybridized carbons (Fsp3) is 0.733. The van der Waals surface area contributed by atoms with Crippen LogP contribution in [0.2, 0.25) is 0 Å². The molecule has 0 radical (unpaired) electrons. The van der Waals surface area contributed by atoms with E-state index >= 15 is 0 Å². The lowest BCUT2D eigenvalue weighted by Crippen LogP contribution is -2.42. The Bertz CT molecular complexity index is 315. The molecule has 2 rings (SSSR count). The van der Waals surface area contributed by atoms with Crippen LogP contribution in [0.3, 0.4) is 0 Å². The average Bonchev–Trinajstić information content (AvgIpc) is 2.90. The Kier molecular flexibility index (Phi) is 5.67. The monoisotopic (exact) mass is 266 g/mol. The summed E-state index contributed by atoms with van der Waals surface area (Å²) in [5.74, 6) is 0. The fourth-order valence-electron chi connectivity index (χ4n) is 3.04. The van der Waals surface area contributed by atoms with Gasteiger partial charge in [0.25, 0.3) is 0 Å². The third-order valence-electron chi connectivity index (χ3n) is 4.05. The number of hydrogen-bond donors (Lipinski definition) is 1. The summed E-state index contributed by atoms with van der Waals surface area (Å²) in [4.78, 5) is 4.17. The highest BCUT2D eigenvalue weighted by molar-refractivity contribution is 7.09. The highest BCUT2D eigenvalue weighted by Gasteiger charge is 2.24. The molecule has 1 aliphatic rings. The van der Waals surface area contributed by atoms with Crippen LogP contribution in [0.4, 0.5) is 0 Å². The molecular weight excluding hydrogens is 240 g/mol. The molecular formula is C15H26N2S. The van der Waals surface area contributed by atoms with E-state index in [9.17, 15) is 0 Å². The van der Waals surface area contributed by atoms with Gasteiger partial charge in [-0.05, 0) is 50.2 Å². The molecule has 3 heteroatoms. The first-order valence-corrected chi connectivity index (χ1v) is 8.21. The molecule has 0 amide bonds. The first-order chi connectivity index (χ1) is 8.83. The molecule has 1 fully saturated rings. The van der Waals surface area contributed by atoms with Gasteiger partial charge in [-0.25, -0.2) is 0 Å². The van der Waals surface area contributed by atoms with E-state index in [2.05, 4.69) is 41.6 Å². The van der Waals surface area contributed by atoms with Gasteiger partial charge in [-0.2, -0.15) is 0 Å². The average molecular weight is 266 g/mol. The molecule has 102 valence electrons. The molecule has 0 atom stereocenters. The Labute approximate surface area is 115 Å². The smallest absolute Gasteiger partial charge is 0.0330 e. The van der Waals surface area contributed by atoms with Gasteiger partial charge in [0.2, 0.25) is 0 Å². The number of rotatable bonds is 6. The van der Waals surface area contributed by atoms with Gasteiger partial charge in [-0.15, -0.1) is 11.3 Å². The first kappa shape index (κ1) is 14.0. The van der Waals surface area contributed by atoms with Crippen LogP contribution in [0.1, 0.15) is 44.4 Å². The Hall–Kier alpha value is -0.380. The van der Waals surface area contributed by atoms with E-state index in [-0.39, 0.29) is 0 Å². The summed E-state index contributed by atoms with van der Waals surface area (Å²) in [6, 6.07) is 5.99. The lowest BCUT2D eigenvalue weighted by Gasteiger charge is -2.36. The Morgan fingerprint density at radius 3 is 2.61 bits per heavy atom. The lowest BCUT2D eigenvalue weighted by atomic mass is 9.90. The maximum Gasteiger partial charge on any atom is 0.0330 e. The van der Waals surface area contributed by atoms with Crippen molar-refractivity contribution in [2.24, 2.45) is 0 Å². The lowest BCUT2D eigenvalue weighted by molar-refractivity contribution is 0.144. The SMILES string of the molecule is CCNC1CCC(N(CC)Cc2cccs2)CC1. The molecule has 1 heterocycles. The van der Waals surface area contributed by atoms with Crippen LogP contribution in [0.5, 0.6) is 0 Å². The van der Waals surface area contributed by atoms with Crippen LogP contribution in [-0.4, -0.2) is 30.1 Å². The van der Waals surface area contributed by atoms with E-state index in [0.29, 0.717) is 0 Å². The van der Waals surface area contributed by atoms with Gasteiger partial charge < -0.3 is 5.32 Å². The summed E-state index contributed by atoms with van der Waals surface area (Å²) in [5.41, 5.74) is 0. The van der Waals surface area contributed by atoms with Gasteiger partial charge in [-0.3, -0.25) is 4.90 Å². The Balaban J connectivity index is 1.82. The van der Waals surface area contributed by atoms with Crippen molar-refractivity contribution >= 4 is 11.3 Å². The number of thiophene rings is 1. The third kappa shape index (κ3) is 3.81. The van der Waals surface area contributed by atoms with Crippen molar-refractivity contribution < 1.29 is 0 Å². The molecule has 2 nitrogen and oxygen atoms in total. The highest BCUT2D eigenvalue weighted by Crippen LogP contribution is 2.25. The number of nitrogens with one attached hydrogen (secondary N) is 1. The third-order valence-corrected chi connectivity index (χ3v) is 4.91. The molecule has 0 aliphatic heterocycles. The number of nitrogens with zero attached hydrogens (tertiary/aromatic N) is 1. The maximum absolute atomic E-state index is 3.59. The minimum atomic E-state index is 0.770. The standard InChI is InChI=1S/C15H26N2S/c1-3-16-13-7-9-14(10-8-13)17(4-2)12-15-6-5-11-18-15/h5-6,11,13-14,16H,3-4,7-10,12H2,1-2H3. The first-order valence-electron chi connectivity index (χ1n) is 7.33. The van der Waals surface area contributed by atoms with Crippen LogP contribution in [0.15, 0.2) is 17.5 Å². The van der Waals surface area contributed by atoms with Gasteiger partial charge in [0, 0.05) is 23.5 Å². The van der Waals surface area contributed by atoms with Gasteiger partial charge >= 0.3 is 0 Å². The molecule has 0 spiro atoms. The zero-order valence-corrected chi connectivity index (χ0v) is 12.5. The largest absolute Gasteiger partial charge is 0.314 e. The zero-order valence-electron chi connectivity index (χ0n) is 11.7. The van der Waals surface area contributed by atoms with Crippen molar-refractivity contribution in [2.45, 2.75) is 58.2 Å². The van der Waals surface area contributed by atoms with Crippen LogP contribution in [-0.2, 0) is 6.54 Å². The van der Waals surface area contributed by atoms with Gasteiger partial charge in [-0.1, -0.05) is 19.9 Å². The van der Waals surface area contributed by atoms with E-state index in [1.807, 2.05) is 11.3 Å². The summed E-state index contributed by atoms with van der Waals surface area (Å²) in [5, 5.41) is 5.78. The van der Waals surface area contributed by atoms with Crippen molar-refractivity contribution in [3.63, 3.8) is 0 Å². The maximum atomic E-state index is 3.59. The topological polar surface area (TPSA) is 15.3 Å². The molecule has 18 heavy (non-hydrogen) atoms. The summed E-state index contributed by atoms with van der Waals surface area (Å²) in [6.07, 6.45) is 5.41. The number of hydrogen-bond acceptors (Lipinski definition) is 3. The quantitative estimate of drug-likeness (QED) is 0.848. The van der Waals surface area contributed by atoms with Crippen molar-refractivity contribution in [2.75, 3.05) is 13.1 Å². The highest BCUT2D eigenvalue weighted by atomic mass is 32.1. The normalized spacial score (nSPS) is 24.6. The van der Waals surface area contributed by atoms with Crippen molar-refractivity contribution in [3.05, 3.63) is 22.4 Å². The minimum Gasteiger partial charge on any atom is -0.314 e.